The summed E-state index contributed by atoms with van der Waals surface area (Å²) in [7, 11) is 1.91. The maximum Gasteiger partial charge on any atom is 0.0492 e. The molecule has 3 rings (SSSR count). The first kappa shape index (κ1) is 12.2. The van der Waals surface area contributed by atoms with Crippen LogP contribution < -0.4 is 0 Å². The molecule has 0 aromatic heterocycles. The van der Waals surface area contributed by atoms with Gasteiger partial charge in [-0.2, -0.15) is 0 Å². The van der Waals surface area contributed by atoms with Crippen molar-refractivity contribution in [3.8, 4) is 0 Å². The normalized spacial score (nSPS) is 18.4. The van der Waals surface area contributed by atoms with Crippen molar-refractivity contribution in [1.82, 2.24) is 0 Å². The number of benzene rings is 2. The minimum Gasteiger partial charge on any atom is -0.292 e. The Labute approximate surface area is 115 Å². The molecular formula is C18H19N. The van der Waals surface area contributed by atoms with Crippen molar-refractivity contribution < 1.29 is 0 Å². The first-order chi connectivity index (χ1) is 9.29. The second-order valence-electron chi connectivity index (χ2n) is 5.26. The van der Waals surface area contributed by atoms with Crippen LogP contribution >= 0.6 is 0 Å². The van der Waals surface area contributed by atoms with Crippen LogP contribution in [0.2, 0.25) is 0 Å². The van der Waals surface area contributed by atoms with E-state index in [1.165, 1.54) is 40.8 Å². The van der Waals surface area contributed by atoms with E-state index in [1.807, 2.05) is 7.05 Å². The van der Waals surface area contributed by atoms with Crippen LogP contribution in [0.5, 0.6) is 0 Å². The number of aryl methyl sites for hydroxylation is 2. The molecule has 0 saturated carbocycles. The third-order valence-corrected chi connectivity index (χ3v) is 4.05. The maximum absolute atomic E-state index is 4.59. The highest BCUT2D eigenvalue weighted by Crippen LogP contribution is 2.35. The molecule has 0 N–H and O–H groups in total. The van der Waals surface area contributed by atoms with Gasteiger partial charge in [-0.1, -0.05) is 54.1 Å². The van der Waals surface area contributed by atoms with E-state index in [9.17, 15) is 0 Å². The molecule has 1 unspecified atom stereocenters. The molecule has 0 spiro atoms. The molecule has 96 valence electrons. The van der Waals surface area contributed by atoms with Crippen molar-refractivity contribution >= 4 is 5.71 Å². The summed E-state index contributed by atoms with van der Waals surface area (Å²) in [6.45, 7) is 2.12. The van der Waals surface area contributed by atoms with E-state index in [-0.39, 0.29) is 0 Å². The quantitative estimate of drug-likeness (QED) is 0.709. The number of nitrogens with zero attached hydrogens (tertiary/aromatic N) is 1. The Kier molecular flexibility index (Phi) is 3.20. The molecule has 1 aliphatic carbocycles. The van der Waals surface area contributed by atoms with E-state index in [1.54, 1.807) is 0 Å². The summed E-state index contributed by atoms with van der Waals surface area (Å²) < 4.78 is 0. The van der Waals surface area contributed by atoms with Gasteiger partial charge < -0.3 is 0 Å². The molecule has 2 aromatic carbocycles. The smallest absolute Gasteiger partial charge is 0.0492 e. The molecule has 1 atom stereocenters. The van der Waals surface area contributed by atoms with Crippen LogP contribution in [0.15, 0.2) is 53.5 Å². The summed E-state index contributed by atoms with van der Waals surface area (Å²) >= 11 is 0. The predicted molar refractivity (Wildman–Crippen MR) is 81.1 cm³/mol. The van der Waals surface area contributed by atoms with Gasteiger partial charge in [0.15, 0.2) is 0 Å². The lowest BCUT2D eigenvalue weighted by Crippen LogP contribution is -2.11. The number of aliphatic imine (C=N–C) groups is 1. The van der Waals surface area contributed by atoms with Gasteiger partial charge >= 0.3 is 0 Å². The van der Waals surface area contributed by atoms with Crippen LogP contribution in [0.1, 0.15) is 34.6 Å². The average Bonchev–Trinajstić information content (AvgIpc) is 2.86. The SMILES string of the molecule is CN=C(c1ccc(C)cc1)C1CCc2ccccc21. The van der Waals surface area contributed by atoms with Gasteiger partial charge in [0.25, 0.3) is 0 Å². The van der Waals surface area contributed by atoms with Gasteiger partial charge in [0.2, 0.25) is 0 Å². The number of hydrogen-bond donors (Lipinski definition) is 0. The molecule has 1 nitrogen and oxygen atoms in total. The minimum absolute atomic E-state index is 0.462. The van der Waals surface area contributed by atoms with Gasteiger partial charge in [0, 0.05) is 18.7 Å². The Hall–Kier alpha value is -1.89. The summed E-state index contributed by atoms with van der Waals surface area (Å²) in [6.07, 6.45) is 2.35. The maximum atomic E-state index is 4.59. The summed E-state index contributed by atoms with van der Waals surface area (Å²) in [5, 5.41) is 0. The third-order valence-electron chi connectivity index (χ3n) is 4.05. The Balaban J connectivity index is 1.99. The summed E-state index contributed by atoms with van der Waals surface area (Å²) in [6, 6.07) is 17.5. The Morgan fingerprint density at radius 2 is 1.79 bits per heavy atom. The molecule has 0 heterocycles. The first-order valence-corrected chi connectivity index (χ1v) is 6.91. The highest BCUT2D eigenvalue weighted by atomic mass is 14.7. The molecule has 1 aliphatic rings. The lowest BCUT2D eigenvalue weighted by Gasteiger charge is -2.15. The monoisotopic (exact) mass is 249 g/mol. The van der Waals surface area contributed by atoms with Crippen LogP contribution in [0, 0.1) is 6.92 Å². The highest BCUT2D eigenvalue weighted by Gasteiger charge is 2.26. The second-order valence-corrected chi connectivity index (χ2v) is 5.26. The van der Waals surface area contributed by atoms with Crippen LogP contribution in [-0.2, 0) is 6.42 Å². The molecule has 1 heteroatoms. The average molecular weight is 249 g/mol. The summed E-state index contributed by atoms with van der Waals surface area (Å²) in [5.74, 6) is 0.462. The van der Waals surface area contributed by atoms with Gasteiger partial charge in [-0.3, -0.25) is 4.99 Å². The number of hydrogen-bond acceptors (Lipinski definition) is 1. The molecule has 0 aliphatic heterocycles. The topological polar surface area (TPSA) is 12.4 Å². The first-order valence-electron chi connectivity index (χ1n) is 6.91. The van der Waals surface area contributed by atoms with E-state index in [0.29, 0.717) is 5.92 Å². The largest absolute Gasteiger partial charge is 0.292 e. The molecule has 0 amide bonds. The van der Waals surface area contributed by atoms with Gasteiger partial charge in [-0.25, -0.2) is 0 Å². The van der Waals surface area contributed by atoms with Crippen molar-refractivity contribution in [2.75, 3.05) is 7.05 Å². The second kappa shape index (κ2) is 5.00. The van der Waals surface area contributed by atoms with Crippen LogP contribution in [0.3, 0.4) is 0 Å². The van der Waals surface area contributed by atoms with E-state index in [4.69, 9.17) is 0 Å². The summed E-state index contributed by atoms with van der Waals surface area (Å²) in [4.78, 5) is 4.59. The standard InChI is InChI=1S/C18H19N/c1-13-7-9-15(10-8-13)18(19-2)17-12-11-14-5-3-4-6-16(14)17/h3-10,17H,11-12H2,1-2H3. The van der Waals surface area contributed by atoms with Crippen LogP contribution in [0.25, 0.3) is 0 Å². The lowest BCUT2D eigenvalue weighted by molar-refractivity contribution is 0.846. The van der Waals surface area contributed by atoms with Crippen LogP contribution in [0.4, 0.5) is 0 Å². The molecule has 2 aromatic rings. The highest BCUT2D eigenvalue weighted by molar-refractivity contribution is 6.05. The molecule has 0 saturated heterocycles. The van der Waals surface area contributed by atoms with E-state index >= 15 is 0 Å². The molecular weight excluding hydrogens is 230 g/mol. The zero-order valence-electron chi connectivity index (χ0n) is 11.6. The predicted octanol–water partition coefficient (Wildman–Crippen LogP) is 4.14. The van der Waals surface area contributed by atoms with E-state index < -0.39 is 0 Å². The molecule has 0 fully saturated rings. The van der Waals surface area contributed by atoms with Crippen LogP contribution in [-0.4, -0.2) is 12.8 Å². The number of rotatable bonds is 2. The Bertz CT molecular complexity index is 608. The van der Waals surface area contributed by atoms with Crippen molar-refractivity contribution in [2.45, 2.75) is 25.7 Å². The fourth-order valence-electron chi connectivity index (χ4n) is 3.05. The Morgan fingerprint density at radius 3 is 2.53 bits per heavy atom. The van der Waals surface area contributed by atoms with Gasteiger partial charge in [-0.15, -0.1) is 0 Å². The lowest BCUT2D eigenvalue weighted by atomic mass is 9.91. The van der Waals surface area contributed by atoms with Gasteiger partial charge in [0.1, 0.15) is 0 Å². The van der Waals surface area contributed by atoms with Crippen molar-refractivity contribution in [2.24, 2.45) is 4.99 Å². The Morgan fingerprint density at radius 1 is 1.05 bits per heavy atom. The van der Waals surface area contributed by atoms with E-state index in [2.05, 4.69) is 60.4 Å². The van der Waals surface area contributed by atoms with Crippen molar-refractivity contribution in [3.63, 3.8) is 0 Å². The molecule has 19 heavy (non-hydrogen) atoms. The fraction of sp³-hybridized carbons (Fsp3) is 0.278. The third kappa shape index (κ3) is 2.21. The fourth-order valence-corrected chi connectivity index (χ4v) is 3.05. The van der Waals surface area contributed by atoms with Gasteiger partial charge in [0.05, 0.1) is 0 Å². The minimum atomic E-state index is 0.462. The molecule has 0 bridgehead atoms. The summed E-state index contributed by atoms with van der Waals surface area (Å²) in [5.41, 5.74) is 6.73. The van der Waals surface area contributed by atoms with Crippen molar-refractivity contribution in [3.05, 3.63) is 70.8 Å². The zero-order chi connectivity index (χ0) is 13.2. The number of fused-ring (bicyclic) bond motifs is 1. The van der Waals surface area contributed by atoms with Gasteiger partial charge in [-0.05, 0) is 36.5 Å². The van der Waals surface area contributed by atoms with E-state index in [0.717, 1.165) is 0 Å². The zero-order valence-corrected chi connectivity index (χ0v) is 11.6. The molecule has 0 radical (unpaired) electrons. The van der Waals surface area contributed by atoms with Crippen molar-refractivity contribution in [1.29, 1.82) is 0 Å².